The quantitative estimate of drug-likeness (QED) is 0.855. The van der Waals surface area contributed by atoms with Crippen molar-refractivity contribution in [2.75, 3.05) is 13.7 Å². The van der Waals surface area contributed by atoms with E-state index in [0.717, 1.165) is 12.1 Å². The van der Waals surface area contributed by atoms with Gasteiger partial charge in [0, 0.05) is 18.2 Å². The van der Waals surface area contributed by atoms with Crippen molar-refractivity contribution in [3.63, 3.8) is 0 Å². The standard InChI is InChI=1S/C16H25ClFNO/c1-6-19-14(15(20-5)16(2,3)4)10-11-9-12(18)7-8-13(11)17/h7-9,14-15,19H,6,10H2,1-5H3. The molecule has 0 spiro atoms. The molecule has 0 heterocycles. The minimum Gasteiger partial charge on any atom is -0.379 e. The highest BCUT2D eigenvalue weighted by Gasteiger charge is 2.32. The molecule has 2 atom stereocenters. The van der Waals surface area contributed by atoms with Crippen LogP contribution in [0.1, 0.15) is 33.3 Å². The first kappa shape index (κ1) is 17.4. The molecular formula is C16H25ClFNO. The molecule has 0 bridgehead atoms. The van der Waals surface area contributed by atoms with E-state index in [2.05, 4.69) is 33.0 Å². The summed E-state index contributed by atoms with van der Waals surface area (Å²) < 4.78 is 19.1. The van der Waals surface area contributed by atoms with E-state index >= 15 is 0 Å². The minimum absolute atomic E-state index is 0.0125. The number of hydrogen-bond acceptors (Lipinski definition) is 2. The molecule has 114 valence electrons. The first-order valence-corrected chi connectivity index (χ1v) is 7.37. The van der Waals surface area contributed by atoms with Gasteiger partial charge in [-0.2, -0.15) is 0 Å². The second-order valence-electron chi connectivity index (χ2n) is 6.13. The van der Waals surface area contributed by atoms with Crippen LogP contribution in [0.15, 0.2) is 18.2 Å². The van der Waals surface area contributed by atoms with Crippen molar-refractivity contribution in [1.29, 1.82) is 0 Å². The molecule has 0 fully saturated rings. The lowest BCUT2D eigenvalue weighted by Gasteiger charge is -2.36. The molecule has 1 aromatic carbocycles. The third-order valence-electron chi connectivity index (χ3n) is 3.39. The zero-order valence-electron chi connectivity index (χ0n) is 13.0. The molecule has 0 aliphatic carbocycles. The van der Waals surface area contributed by atoms with Crippen molar-refractivity contribution >= 4 is 11.6 Å². The van der Waals surface area contributed by atoms with E-state index in [1.807, 2.05) is 0 Å². The fourth-order valence-corrected chi connectivity index (χ4v) is 2.80. The Morgan fingerprint density at radius 2 is 2.00 bits per heavy atom. The number of nitrogens with one attached hydrogen (secondary N) is 1. The lowest BCUT2D eigenvalue weighted by Crippen LogP contribution is -2.49. The Labute approximate surface area is 126 Å². The zero-order chi connectivity index (χ0) is 15.3. The summed E-state index contributed by atoms with van der Waals surface area (Å²) in [5, 5.41) is 4.02. The predicted octanol–water partition coefficient (Wildman–Crippen LogP) is 4.06. The van der Waals surface area contributed by atoms with E-state index in [1.54, 1.807) is 13.2 Å². The van der Waals surface area contributed by atoms with Crippen LogP contribution >= 0.6 is 11.6 Å². The lowest BCUT2D eigenvalue weighted by molar-refractivity contribution is -0.0106. The fraction of sp³-hybridized carbons (Fsp3) is 0.625. The third kappa shape index (κ3) is 4.72. The van der Waals surface area contributed by atoms with Crippen LogP contribution in [0, 0.1) is 11.2 Å². The van der Waals surface area contributed by atoms with Crippen molar-refractivity contribution in [3.8, 4) is 0 Å². The van der Waals surface area contributed by atoms with Gasteiger partial charge in [-0.1, -0.05) is 39.3 Å². The molecule has 4 heteroatoms. The number of ether oxygens (including phenoxy) is 1. The number of benzene rings is 1. The van der Waals surface area contributed by atoms with Gasteiger partial charge in [-0.25, -0.2) is 4.39 Å². The van der Waals surface area contributed by atoms with Gasteiger partial charge in [-0.3, -0.25) is 0 Å². The van der Waals surface area contributed by atoms with Crippen molar-refractivity contribution in [1.82, 2.24) is 5.32 Å². The van der Waals surface area contributed by atoms with Crippen LogP contribution in [0.3, 0.4) is 0 Å². The Balaban J connectivity index is 2.99. The van der Waals surface area contributed by atoms with Gasteiger partial charge in [0.25, 0.3) is 0 Å². The van der Waals surface area contributed by atoms with Crippen LogP contribution in [0.2, 0.25) is 5.02 Å². The summed E-state index contributed by atoms with van der Waals surface area (Å²) in [7, 11) is 1.72. The van der Waals surface area contributed by atoms with Gasteiger partial charge < -0.3 is 10.1 Å². The van der Waals surface area contributed by atoms with Crippen molar-refractivity contribution in [3.05, 3.63) is 34.6 Å². The molecule has 1 aromatic rings. The normalized spacial score (nSPS) is 15.2. The Morgan fingerprint density at radius 1 is 1.35 bits per heavy atom. The van der Waals surface area contributed by atoms with Gasteiger partial charge in [-0.05, 0) is 42.1 Å². The summed E-state index contributed by atoms with van der Waals surface area (Å²) in [6.45, 7) is 9.29. The van der Waals surface area contributed by atoms with Crippen molar-refractivity contribution in [2.24, 2.45) is 5.41 Å². The Kier molecular flexibility index (Phi) is 6.44. The van der Waals surface area contributed by atoms with Crippen LogP contribution in [-0.4, -0.2) is 25.8 Å². The summed E-state index contributed by atoms with van der Waals surface area (Å²) in [6, 6.07) is 4.58. The highest BCUT2D eigenvalue weighted by Crippen LogP contribution is 2.28. The van der Waals surface area contributed by atoms with E-state index in [9.17, 15) is 4.39 Å². The minimum atomic E-state index is -0.260. The SMILES string of the molecule is CCNC(Cc1cc(F)ccc1Cl)C(OC)C(C)(C)C. The number of methoxy groups -OCH3 is 1. The van der Waals surface area contributed by atoms with Gasteiger partial charge in [0.15, 0.2) is 0 Å². The maximum absolute atomic E-state index is 13.4. The van der Waals surface area contributed by atoms with Crippen LogP contribution in [0.5, 0.6) is 0 Å². The van der Waals surface area contributed by atoms with Gasteiger partial charge in [-0.15, -0.1) is 0 Å². The largest absolute Gasteiger partial charge is 0.379 e. The molecule has 1 rings (SSSR count). The summed E-state index contributed by atoms with van der Waals surface area (Å²) in [4.78, 5) is 0. The van der Waals surface area contributed by atoms with E-state index in [1.165, 1.54) is 12.1 Å². The first-order valence-electron chi connectivity index (χ1n) is 6.99. The van der Waals surface area contributed by atoms with Crippen molar-refractivity contribution < 1.29 is 9.13 Å². The first-order chi connectivity index (χ1) is 9.29. The predicted molar refractivity (Wildman–Crippen MR) is 82.8 cm³/mol. The molecular weight excluding hydrogens is 277 g/mol. The number of halogens is 2. The third-order valence-corrected chi connectivity index (χ3v) is 3.76. The Morgan fingerprint density at radius 3 is 2.50 bits per heavy atom. The zero-order valence-corrected chi connectivity index (χ0v) is 13.7. The second-order valence-corrected chi connectivity index (χ2v) is 6.53. The Hall–Kier alpha value is -0.640. The molecule has 2 unspecified atom stereocenters. The van der Waals surface area contributed by atoms with Gasteiger partial charge in [0.2, 0.25) is 0 Å². The molecule has 0 saturated heterocycles. The molecule has 0 saturated carbocycles. The fourth-order valence-electron chi connectivity index (χ4n) is 2.61. The second kappa shape index (κ2) is 7.39. The highest BCUT2D eigenvalue weighted by atomic mass is 35.5. The van der Waals surface area contributed by atoms with Gasteiger partial charge in [0.1, 0.15) is 5.82 Å². The average molecular weight is 302 g/mol. The maximum atomic E-state index is 13.4. The number of hydrogen-bond donors (Lipinski definition) is 1. The summed E-state index contributed by atoms with van der Waals surface area (Å²) in [6.07, 6.45) is 0.655. The average Bonchev–Trinajstić information content (AvgIpc) is 2.33. The van der Waals surface area contributed by atoms with Crippen LogP contribution in [0.25, 0.3) is 0 Å². The van der Waals surface area contributed by atoms with Crippen LogP contribution in [-0.2, 0) is 11.2 Å². The lowest BCUT2D eigenvalue weighted by atomic mass is 9.82. The van der Waals surface area contributed by atoms with Crippen molar-refractivity contribution in [2.45, 2.75) is 46.3 Å². The summed E-state index contributed by atoms with van der Waals surface area (Å²) in [5.74, 6) is -0.260. The summed E-state index contributed by atoms with van der Waals surface area (Å²) in [5.41, 5.74) is 0.797. The smallest absolute Gasteiger partial charge is 0.123 e. The molecule has 0 amide bonds. The van der Waals surface area contributed by atoms with E-state index < -0.39 is 0 Å². The molecule has 2 nitrogen and oxygen atoms in total. The summed E-state index contributed by atoms with van der Waals surface area (Å²) >= 11 is 6.17. The maximum Gasteiger partial charge on any atom is 0.123 e. The van der Waals surface area contributed by atoms with Gasteiger partial charge in [0.05, 0.1) is 6.10 Å². The van der Waals surface area contributed by atoms with E-state index in [4.69, 9.17) is 16.3 Å². The Bertz CT molecular complexity index is 431. The van der Waals surface area contributed by atoms with E-state index in [0.29, 0.717) is 11.4 Å². The molecule has 20 heavy (non-hydrogen) atoms. The van der Waals surface area contributed by atoms with Crippen LogP contribution < -0.4 is 5.32 Å². The number of likely N-dealkylation sites (N-methyl/N-ethyl adjacent to an activating group) is 1. The number of rotatable bonds is 6. The molecule has 0 aliphatic rings. The molecule has 0 aromatic heterocycles. The van der Waals surface area contributed by atoms with E-state index in [-0.39, 0.29) is 23.4 Å². The van der Waals surface area contributed by atoms with Crippen LogP contribution in [0.4, 0.5) is 4.39 Å². The molecule has 0 aliphatic heterocycles. The topological polar surface area (TPSA) is 21.3 Å². The molecule has 0 radical (unpaired) electrons. The van der Waals surface area contributed by atoms with Gasteiger partial charge >= 0.3 is 0 Å². The monoisotopic (exact) mass is 301 g/mol. The molecule has 1 N–H and O–H groups in total. The highest BCUT2D eigenvalue weighted by molar-refractivity contribution is 6.31.